The fourth-order valence-corrected chi connectivity index (χ4v) is 3.40. The van der Waals surface area contributed by atoms with Gasteiger partial charge in [-0.15, -0.1) is 0 Å². The number of nitrogens with one attached hydrogen (secondary N) is 1. The molecule has 1 aliphatic rings. The quantitative estimate of drug-likeness (QED) is 0.692. The Morgan fingerprint density at radius 2 is 1.71 bits per heavy atom. The number of anilines is 1. The van der Waals surface area contributed by atoms with Crippen molar-refractivity contribution in [2.45, 2.75) is 6.92 Å². The van der Waals surface area contributed by atoms with Crippen molar-refractivity contribution in [1.82, 2.24) is 19.8 Å². The van der Waals surface area contributed by atoms with Crippen LogP contribution in [-0.2, 0) is 4.74 Å². The van der Waals surface area contributed by atoms with E-state index in [1.54, 1.807) is 29.1 Å². The number of aromatic nitrogens is 2. The highest BCUT2D eigenvalue weighted by molar-refractivity contribution is 6.12. The summed E-state index contributed by atoms with van der Waals surface area (Å²) in [5.41, 5.74) is 2.14. The maximum Gasteiger partial charge on any atom is 0.409 e. The minimum atomic E-state index is -0.335. The molecular weight excluding hydrogens is 358 g/mol. The number of ether oxygens (including phenoxy) is 1. The van der Waals surface area contributed by atoms with Crippen molar-refractivity contribution < 1.29 is 14.3 Å². The molecule has 1 aliphatic heterocycles. The topological polar surface area (TPSA) is 87.7 Å². The van der Waals surface area contributed by atoms with Crippen LogP contribution in [-0.4, -0.2) is 64.7 Å². The second-order valence-electron chi connectivity index (χ2n) is 6.50. The molecule has 8 heteroatoms. The van der Waals surface area contributed by atoms with Crippen LogP contribution < -0.4 is 5.32 Å². The Kier molecular flexibility index (Phi) is 4.92. The SMILES string of the molecule is CCOC(=O)N1CCN(C(=O)Nc2cc3ncccc3c3cccnc23)CC1. The van der Waals surface area contributed by atoms with Gasteiger partial charge in [0.25, 0.3) is 0 Å². The highest BCUT2D eigenvalue weighted by Crippen LogP contribution is 2.29. The fourth-order valence-electron chi connectivity index (χ4n) is 3.40. The first-order chi connectivity index (χ1) is 13.7. The minimum Gasteiger partial charge on any atom is -0.450 e. The predicted molar refractivity (Wildman–Crippen MR) is 106 cm³/mol. The molecule has 3 amide bonds. The maximum absolute atomic E-state index is 12.8. The third kappa shape index (κ3) is 3.40. The lowest BCUT2D eigenvalue weighted by atomic mass is 10.1. The average Bonchev–Trinajstić information content (AvgIpc) is 2.74. The van der Waals surface area contributed by atoms with Gasteiger partial charge >= 0.3 is 12.1 Å². The van der Waals surface area contributed by atoms with Crippen LogP contribution in [0.1, 0.15) is 6.92 Å². The van der Waals surface area contributed by atoms with Crippen molar-refractivity contribution in [3.63, 3.8) is 0 Å². The van der Waals surface area contributed by atoms with Gasteiger partial charge in [-0.05, 0) is 25.1 Å². The number of pyridine rings is 2. The summed E-state index contributed by atoms with van der Waals surface area (Å²) in [4.78, 5) is 36.8. The number of fused-ring (bicyclic) bond motifs is 3. The van der Waals surface area contributed by atoms with E-state index in [0.717, 1.165) is 21.8 Å². The van der Waals surface area contributed by atoms with E-state index in [0.29, 0.717) is 38.5 Å². The fraction of sp³-hybridized carbons (Fsp3) is 0.300. The molecule has 8 nitrogen and oxygen atoms in total. The minimum absolute atomic E-state index is 0.217. The lowest BCUT2D eigenvalue weighted by molar-refractivity contribution is 0.0869. The van der Waals surface area contributed by atoms with Gasteiger partial charge in [-0.3, -0.25) is 9.97 Å². The van der Waals surface area contributed by atoms with Gasteiger partial charge in [0.1, 0.15) is 0 Å². The molecule has 3 aromatic rings. The van der Waals surface area contributed by atoms with Crippen LogP contribution in [0.2, 0.25) is 0 Å². The smallest absolute Gasteiger partial charge is 0.409 e. The van der Waals surface area contributed by atoms with Crippen molar-refractivity contribution >= 4 is 39.6 Å². The third-order valence-electron chi connectivity index (χ3n) is 4.81. The number of piperazine rings is 1. The van der Waals surface area contributed by atoms with E-state index in [1.165, 1.54) is 0 Å². The van der Waals surface area contributed by atoms with Gasteiger partial charge in [0.15, 0.2) is 0 Å². The van der Waals surface area contributed by atoms with Crippen molar-refractivity contribution in [2.75, 3.05) is 38.1 Å². The molecule has 0 radical (unpaired) electrons. The Bertz CT molecular complexity index is 1030. The Hall–Kier alpha value is -3.42. The van der Waals surface area contributed by atoms with E-state index in [4.69, 9.17) is 4.74 Å². The summed E-state index contributed by atoms with van der Waals surface area (Å²) in [6.45, 7) is 3.91. The Morgan fingerprint density at radius 1 is 1.04 bits per heavy atom. The zero-order chi connectivity index (χ0) is 19.5. The van der Waals surface area contributed by atoms with Gasteiger partial charge < -0.3 is 19.9 Å². The van der Waals surface area contributed by atoms with Gasteiger partial charge in [-0.2, -0.15) is 0 Å². The van der Waals surface area contributed by atoms with E-state index in [9.17, 15) is 9.59 Å². The third-order valence-corrected chi connectivity index (χ3v) is 4.81. The van der Waals surface area contributed by atoms with Crippen molar-refractivity contribution in [3.8, 4) is 0 Å². The maximum atomic E-state index is 12.8. The zero-order valence-corrected chi connectivity index (χ0v) is 15.6. The van der Waals surface area contributed by atoms with Crippen LogP contribution in [0.3, 0.4) is 0 Å². The van der Waals surface area contributed by atoms with Crippen molar-refractivity contribution in [1.29, 1.82) is 0 Å². The molecular formula is C20H21N5O3. The monoisotopic (exact) mass is 379 g/mol. The number of nitrogens with zero attached hydrogens (tertiary/aromatic N) is 4. The van der Waals surface area contributed by atoms with E-state index < -0.39 is 0 Å². The molecule has 0 aliphatic carbocycles. The predicted octanol–water partition coefficient (Wildman–Crippen LogP) is 3.09. The summed E-state index contributed by atoms with van der Waals surface area (Å²) in [5, 5.41) is 4.90. The van der Waals surface area contributed by atoms with Gasteiger partial charge in [0.2, 0.25) is 0 Å². The van der Waals surface area contributed by atoms with Crippen LogP contribution >= 0.6 is 0 Å². The van der Waals surface area contributed by atoms with Crippen LogP contribution in [0.5, 0.6) is 0 Å². The molecule has 144 valence electrons. The van der Waals surface area contributed by atoms with Gasteiger partial charge in [-0.25, -0.2) is 9.59 Å². The van der Waals surface area contributed by atoms with Crippen molar-refractivity contribution in [3.05, 3.63) is 42.7 Å². The number of carbonyl (C=O) groups is 2. The summed E-state index contributed by atoms with van der Waals surface area (Å²) in [6.07, 6.45) is 3.10. The molecule has 0 spiro atoms. The number of benzene rings is 1. The molecule has 1 aromatic carbocycles. The number of rotatable bonds is 2. The molecule has 1 saturated heterocycles. The Balaban J connectivity index is 1.53. The highest BCUT2D eigenvalue weighted by atomic mass is 16.6. The highest BCUT2D eigenvalue weighted by Gasteiger charge is 2.25. The normalized spacial score (nSPS) is 14.3. The summed E-state index contributed by atoms with van der Waals surface area (Å²) < 4.78 is 5.01. The first kappa shape index (κ1) is 18.0. The number of hydrogen-bond acceptors (Lipinski definition) is 5. The lowest BCUT2D eigenvalue weighted by Crippen LogP contribution is -2.51. The second kappa shape index (κ2) is 7.67. The van der Waals surface area contributed by atoms with Gasteiger partial charge in [0.05, 0.1) is 23.3 Å². The standard InChI is InChI=1S/C20H21N5O3/c1-2-28-20(27)25-11-9-24(10-12-25)19(26)23-17-13-16-14(5-3-7-21-16)15-6-4-8-22-18(15)17/h3-8,13H,2,9-12H2,1H3,(H,23,26). The molecule has 0 unspecified atom stereocenters. The molecule has 28 heavy (non-hydrogen) atoms. The summed E-state index contributed by atoms with van der Waals surface area (Å²) >= 11 is 0. The summed E-state index contributed by atoms with van der Waals surface area (Å²) in [6, 6.07) is 9.35. The molecule has 1 N–H and O–H groups in total. The van der Waals surface area contributed by atoms with Crippen LogP contribution in [0, 0.1) is 0 Å². The molecule has 1 fully saturated rings. The van der Waals surface area contributed by atoms with Crippen molar-refractivity contribution in [2.24, 2.45) is 0 Å². The largest absolute Gasteiger partial charge is 0.450 e. The van der Waals surface area contributed by atoms with Gasteiger partial charge in [0, 0.05) is 49.3 Å². The molecule has 0 saturated carbocycles. The molecule has 3 heterocycles. The first-order valence-corrected chi connectivity index (χ1v) is 9.27. The van der Waals surface area contributed by atoms with E-state index in [1.807, 2.05) is 30.3 Å². The van der Waals surface area contributed by atoms with Crippen LogP contribution in [0.4, 0.5) is 15.3 Å². The molecule has 2 aromatic heterocycles. The zero-order valence-electron chi connectivity index (χ0n) is 15.6. The van der Waals surface area contributed by atoms with E-state index in [2.05, 4.69) is 15.3 Å². The number of urea groups is 1. The molecule has 0 atom stereocenters. The number of hydrogen-bond donors (Lipinski definition) is 1. The van der Waals surface area contributed by atoms with Crippen LogP contribution in [0.25, 0.3) is 21.8 Å². The molecule has 0 bridgehead atoms. The van der Waals surface area contributed by atoms with E-state index >= 15 is 0 Å². The van der Waals surface area contributed by atoms with E-state index in [-0.39, 0.29) is 12.1 Å². The first-order valence-electron chi connectivity index (χ1n) is 9.27. The number of carbonyl (C=O) groups excluding carboxylic acids is 2. The Morgan fingerprint density at radius 3 is 2.46 bits per heavy atom. The van der Waals surface area contributed by atoms with Crippen LogP contribution in [0.15, 0.2) is 42.7 Å². The summed E-state index contributed by atoms with van der Waals surface area (Å²) in [5.74, 6) is 0. The van der Waals surface area contributed by atoms with Gasteiger partial charge in [-0.1, -0.05) is 12.1 Å². The molecule has 4 rings (SSSR count). The summed E-state index contributed by atoms with van der Waals surface area (Å²) in [7, 11) is 0. The number of amides is 3. The lowest BCUT2D eigenvalue weighted by Gasteiger charge is -2.34. The average molecular weight is 379 g/mol. The Labute approximate surface area is 162 Å². The second-order valence-corrected chi connectivity index (χ2v) is 6.50.